The van der Waals surface area contributed by atoms with Gasteiger partial charge in [0.15, 0.2) is 11.9 Å². The fraction of sp³-hybridized carbons (Fsp3) is 0.587. The number of ether oxygens (including phenoxy) is 3. The van der Waals surface area contributed by atoms with Crippen LogP contribution in [0.2, 0.25) is 5.02 Å². The molecule has 0 radical (unpaired) electrons. The molecule has 1 spiro atoms. The predicted molar refractivity (Wildman–Crippen MR) is 219 cm³/mol. The number of fused-ring (bicyclic) bond motifs is 4. The van der Waals surface area contributed by atoms with E-state index in [0.29, 0.717) is 23.4 Å². The Morgan fingerprint density at radius 1 is 1.02 bits per heavy atom. The first-order valence-corrected chi connectivity index (χ1v) is 21.3. The molecule has 13 heteroatoms. The molecule has 320 valence electrons. The molecule has 1 unspecified atom stereocenters. The van der Waals surface area contributed by atoms with Crippen LogP contribution in [-0.4, -0.2) is 91.6 Å². The lowest BCUT2D eigenvalue weighted by atomic mass is 9.49. The van der Waals surface area contributed by atoms with Gasteiger partial charge in [0, 0.05) is 41.0 Å². The fourth-order valence-electron chi connectivity index (χ4n) is 11.1. The molecule has 0 aromatic heterocycles. The highest BCUT2D eigenvalue weighted by atomic mass is 35.5. The summed E-state index contributed by atoms with van der Waals surface area (Å²) in [6.07, 6.45) is 7.61. The van der Waals surface area contributed by atoms with Crippen molar-refractivity contribution in [3.05, 3.63) is 87.2 Å². The van der Waals surface area contributed by atoms with E-state index in [1.165, 1.54) is 12.1 Å². The number of phenols is 1. The number of amides is 1. The standard InChI is InChI=1S/C46H58ClNO11/c1-8-26-18-28-38(23(4)17-33(51)40(28)52)45(7)29(26)10-9-11-34(22(3)16-27-13-12-21(2)20-46(27)42(54)37(41(45)53)44(56)59-46)58-35-19-32(50)39(25(6)57-35)48-43(55)36-24(5)30(47)14-15-31(36)49/h9-10,12-16,18,21,23,25,27-29,32-35,38-40,49-53H,8,11,17,19-20H2,1-7H3,(H,48,55)/b10-9+,22-16+,41-37-/t21-,23+,25-,27+,28+,29?,32+,33+,34-,35+,38-,39-,40-,45-,46-/m1/s1. The number of aromatic hydroxyl groups is 1. The maximum Gasteiger partial charge on any atom is 0.346 e. The Labute approximate surface area is 350 Å². The van der Waals surface area contributed by atoms with E-state index in [-0.39, 0.29) is 53.7 Å². The Balaban J connectivity index is 1.26. The van der Waals surface area contributed by atoms with Crippen LogP contribution in [0.4, 0.5) is 0 Å². The van der Waals surface area contributed by atoms with E-state index in [1.54, 1.807) is 13.8 Å². The van der Waals surface area contributed by atoms with Crippen LogP contribution < -0.4 is 5.32 Å². The van der Waals surface area contributed by atoms with Gasteiger partial charge in [-0.25, -0.2) is 4.79 Å². The van der Waals surface area contributed by atoms with Gasteiger partial charge in [0.1, 0.15) is 17.1 Å². The summed E-state index contributed by atoms with van der Waals surface area (Å²) in [7, 11) is 0. The van der Waals surface area contributed by atoms with Gasteiger partial charge in [0.05, 0.1) is 42.1 Å². The molecule has 7 rings (SSSR count). The number of aliphatic hydroxyl groups is 4. The Kier molecular flexibility index (Phi) is 11.9. The average Bonchev–Trinajstić information content (AvgIpc) is 3.41. The van der Waals surface area contributed by atoms with Crippen LogP contribution in [0.3, 0.4) is 0 Å². The van der Waals surface area contributed by atoms with Gasteiger partial charge < -0.3 is 45.1 Å². The summed E-state index contributed by atoms with van der Waals surface area (Å²) < 4.78 is 19.2. The van der Waals surface area contributed by atoms with Crippen LogP contribution in [0.5, 0.6) is 5.75 Å². The molecule has 2 aliphatic heterocycles. The summed E-state index contributed by atoms with van der Waals surface area (Å²) in [6, 6.07) is 2.00. The van der Waals surface area contributed by atoms with Gasteiger partial charge in [0.2, 0.25) is 5.78 Å². The minimum Gasteiger partial charge on any atom is -0.511 e. The summed E-state index contributed by atoms with van der Waals surface area (Å²) in [5.74, 6) is -5.18. The Morgan fingerprint density at radius 3 is 2.44 bits per heavy atom. The molecule has 15 atom stereocenters. The zero-order valence-corrected chi connectivity index (χ0v) is 35.5. The maximum absolute atomic E-state index is 14.9. The van der Waals surface area contributed by atoms with E-state index in [4.69, 9.17) is 25.8 Å². The zero-order valence-electron chi connectivity index (χ0n) is 34.7. The number of esters is 1. The van der Waals surface area contributed by atoms with Crippen molar-refractivity contribution in [2.45, 2.75) is 129 Å². The summed E-state index contributed by atoms with van der Waals surface area (Å²) in [5.41, 5.74) is -1.20. The summed E-state index contributed by atoms with van der Waals surface area (Å²) >= 11 is 6.23. The highest BCUT2D eigenvalue weighted by Gasteiger charge is 2.63. The molecular weight excluding hydrogens is 778 g/mol. The second kappa shape index (κ2) is 16.2. The van der Waals surface area contributed by atoms with Crippen molar-refractivity contribution < 1.29 is 54.1 Å². The van der Waals surface area contributed by atoms with Crippen molar-refractivity contribution >= 4 is 29.3 Å². The molecule has 59 heavy (non-hydrogen) atoms. The molecule has 6 N–H and O–H groups in total. The Bertz CT molecular complexity index is 2030. The van der Waals surface area contributed by atoms with Crippen molar-refractivity contribution in [1.29, 1.82) is 0 Å². The highest BCUT2D eigenvalue weighted by Crippen LogP contribution is 2.60. The van der Waals surface area contributed by atoms with Crippen molar-refractivity contribution in [2.24, 2.45) is 40.9 Å². The van der Waals surface area contributed by atoms with Crippen LogP contribution in [0.15, 0.2) is 71.1 Å². The van der Waals surface area contributed by atoms with Crippen LogP contribution in [0.25, 0.3) is 0 Å². The first-order valence-electron chi connectivity index (χ1n) is 20.9. The van der Waals surface area contributed by atoms with Crippen molar-refractivity contribution in [3.8, 4) is 5.75 Å². The van der Waals surface area contributed by atoms with E-state index in [2.05, 4.69) is 5.32 Å². The Hall–Kier alpha value is -3.78. The van der Waals surface area contributed by atoms with E-state index in [9.17, 15) is 39.9 Å². The lowest BCUT2D eigenvalue weighted by Gasteiger charge is -2.56. The number of nitrogens with one attached hydrogen (secondary N) is 1. The van der Waals surface area contributed by atoms with Gasteiger partial charge in [0.25, 0.3) is 5.91 Å². The highest BCUT2D eigenvalue weighted by molar-refractivity contribution is 6.32. The molecule has 1 amide bonds. The summed E-state index contributed by atoms with van der Waals surface area (Å²) in [4.78, 5) is 42.3. The monoisotopic (exact) mass is 835 g/mol. The number of allylic oxidation sites excluding steroid dienone is 4. The van der Waals surface area contributed by atoms with E-state index in [0.717, 1.165) is 11.1 Å². The number of ketones is 1. The first kappa shape index (κ1) is 43.3. The van der Waals surface area contributed by atoms with Crippen LogP contribution in [-0.2, 0) is 23.8 Å². The minimum absolute atomic E-state index is 0.00385. The van der Waals surface area contributed by atoms with Crippen molar-refractivity contribution in [1.82, 2.24) is 5.32 Å². The van der Waals surface area contributed by atoms with Crippen LogP contribution in [0, 0.1) is 47.8 Å². The topological polar surface area (TPSA) is 192 Å². The maximum atomic E-state index is 14.9. The lowest BCUT2D eigenvalue weighted by molar-refractivity contribution is -0.231. The predicted octanol–water partition coefficient (Wildman–Crippen LogP) is 6.10. The molecular formula is C46H58ClNO11. The number of carbonyl (C=O) groups excluding carboxylic acids is 3. The lowest BCUT2D eigenvalue weighted by Crippen LogP contribution is -2.56. The van der Waals surface area contributed by atoms with Gasteiger partial charge >= 0.3 is 5.97 Å². The van der Waals surface area contributed by atoms with Gasteiger partial charge in [-0.1, -0.05) is 81.3 Å². The third-order valence-electron chi connectivity index (χ3n) is 14.2. The number of rotatable bonds is 5. The zero-order chi connectivity index (χ0) is 42.9. The number of hydrogen-bond donors (Lipinski definition) is 6. The Morgan fingerprint density at radius 2 is 1.75 bits per heavy atom. The molecule has 1 aromatic rings. The van der Waals surface area contributed by atoms with Gasteiger partial charge in [-0.2, -0.15) is 0 Å². The number of hydrogen-bond acceptors (Lipinski definition) is 11. The third-order valence-corrected chi connectivity index (χ3v) is 14.6. The SMILES string of the molecule is CCC1=C[C@@H]2[C@@H](O)[C@@H](O)C[C@H](C)[C@H]2[C@]2(C)/C(O)=C3/C(=O)O[C@@]4(C[C@H](C)C=C[C@H]4/C=C(\C)[C@H](O[C@H]4C[C@H](O)[C@H](NC(=O)c5c(O)ccc(Cl)c5C)[C@@H](C)O4)C/C=C/C12)C3=O. The van der Waals surface area contributed by atoms with E-state index < -0.39 is 95.2 Å². The number of carbonyl (C=O) groups is 3. The second-order valence-electron chi connectivity index (χ2n) is 18.0. The normalized spacial score (nSPS) is 43.6. The quantitative estimate of drug-likeness (QED) is 0.114. The van der Waals surface area contributed by atoms with Crippen LogP contribution >= 0.6 is 11.6 Å². The van der Waals surface area contributed by atoms with Gasteiger partial charge in [-0.05, 0) is 81.1 Å². The van der Waals surface area contributed by atoms with Gasteiger partial charge in [-0.3, -0.25) is 9.59 Å². The molecule has 1 saturated carbocycles. The molecule has 6 aliphatic rings. The van der Waals surface area contributed by atoms with Crippen molar-refractivity contribution in [3.63, 3.8) is 0 Å². The molecule has 2 heterocycles. The molecule has 1 aromatic carbocycles. The molecule has 2 saturated heterocycles. The molecule has 2 bridgehead atoms. The summed E-state index contributed by atoms with van der Waals surface area (Å²) in [5, 5.41) is 59.8. The number of benzene rings is 1. The number of halogens is 1. The van der Waals surface area contributed by atoms with Crippen molar-refractivity contribution in [2.75, 3.05) is 0 Å². The average molecular weight is 836 g/mol. The van der Waals surface area contributed by atoms with Crippen LogP contribution in [0.1, 0.15) is 89.6 Å². The molecule has 4 aliphatic carbocycles. The summed E-state index contributed by atoms with van der Waals surface area (Å²) in [6.45, 7) is 13.0. The fourth-order valence-corrected chi connectivity index (χ4v) is 11.3. The molecule has 3 fully saturated rings. The number of Topliss-reactive ketones (excluding diaryl/α,β-unsaturated/α-hetero) is 1. The van der Waals surface area contributed by atoms with Gasteiger partial charge in [-0.15, -0.1) is 0 Å². The smallest absolute Gasteiger partial charge is 0.346 e. The third kappa shape index (κ3) is 7.31. The number of phenolic OH excluding ortho intramolecular Hbond substituents is 1. The number of aliphatic hydroxyl groups excluding tert-OH is 4. The van der Waals surface area contributed by atoms with E-state index >= 15 is 0 Å². The largest absolute Gasteiger partial charge is 0.511 e. The first-order chi connectivity index (χ1) is 27.8. The second-order valence-corrected chi connectivity index (χ2v) is 18.4. The minimum atomic E-state index is -1.62. The van der Waals surface area contributed by atoms with E-state index in [1.807, 2.05) is 71.1 Å². The molecule has 12 nitrogen and oxygen atoms in total.